The molecule has 19 heavy (non-hydrogen) atoms. The van der Waals surface area contributed by atoms with E-state index in [-0.39, 0.29) is 11.5 Å². The van der Waals surface area contributed by atoms with Crippen LogP contribution in [0.5, 0.6) is 0 Å². The molecule has 0 amide bonds. The number of nitrogens with two attached hydrogens (primary N) is 1. The van der Waals surface area contributed by atoms with Crippen molar-refractivity contribution in [2.45, 2.75) is 27.2 Å². The smallest absolute Gasteiger partial charge is 0.351 e. The second-order valence-electron chi connectivity index (χ2n) is 4.35. The summed E-state index contributed by atoms with van der Waals surface area (Å²) >= 11 is 0. The number of nitrogens with one attached hydrogen (secondary N) is 1. The van der Waals surface area contributed by atoms with Crippen molar-refractivity contribution in [3.8, 4) is 0 Å². The molecule has 1 aromatic heterocycles. The van der Waals surface area contributed by atoms with Crippen LogP contribution in [0.3, 0.4) is 0 Å². The third-order valence-corrected chi connectivity index (χ3v) is 3.03. The molecule has 0 saturated carbocycles. The molecule has 1 rings (SSSR count). The highest BCUT2D eigenvalue weighted by Crippen LogP contribution is 2.31. The first-order chi connectivity index (χ1) is 9.04. The number of aromatic nitrogens is 2. The monoisotopic (exact) mass is 268 g/mol. The van der Waals surface area contributed by atoms with Gasteiger partial charge in [-0.3, -0.25) is 10.1 Å². The van der Waals surface area contributed by atoms with E-state index in [0.29, 0.717) is 24.8 Å². The summed E-state index contributed by atoms with van der Waals surface area (Å²) in [4.78, 5) is 20.4. The Hall–Kier alpha value is -1.96. The molecule has 0 spiro atoms. The van der Waals surface area contributed by atoms with Crippen LogP contribution in [0.25, 0.3) is 0 Å². The second-order valence-corrected chi connectivity index (χ2v) is 4.35. The van der Waals surface area contributed by atoms with E-state index in [1.165, 1.54) is 6.33 Å². The van der Waals surface area contributed by atoms with Crippen LogP contribution in [-0.4, -0.2) is 28.0 Å². The summed E-state index contributed by atoms with van der Waals surface area (Å²) < 4.78 is 0. The summed E-state index contributed by atoms with van der Waals surface area (Å²) in [7, 11) is 0. The Bertz CT molecular complexity index is 439. The lowest BCUT2D eigenvalue weighted by molar-refractivity contribution is -0.383. The lowest BCUT2D eigenvalue weighted by Crippen LogP contribution is -2.30. The number of hydrazine groups is 1. The van der Waals surface area contributed by atoms with Crippen molar-refractivity contribution < 1.29 is 4.92 Å². The van der Waals surface area contributed by atoms with Gasteiger partial charge in [0.05, 0.1) is 4.92 Å². The standard InChI is InChI=1S/C11H20N6O2/c1-4-8(3)6-16(5-2)11-9(17(18)19)10(15-12)13-7-14-11/h7-8H,4-6,12H2,1-3H3,(H,13,14,15). The predicted molar refractivity (Wildman–Crippen MR) is 73.8 cm³/mol. The van der Waals surface area contributed by atoms with Crippen molar-refractivity contribution in [2.24, 2.45) is 11.8 Å². The lowest BCUT2D eigenvalue weighted by Gasteiger charge is -2.24. The first-order valence-corrected chi connectivity index (χ1v) is 6.26. The molecule has 0 bridgehead atoms. The van der Waals surface area contributed by atoms with Crippen molar-refractivity contribution in [2.75, 3.05) is 23.4 Å². The Kier molecular flexibility index (Phi) is 5.43. The Morgan fingerprint density at radius 3 is 2.68 bits per heavy atom. The van der Waals surface area contributed by atoms with Gasteiger partial charge in [0.15, 0.2) is 0 Å². The van der Waals surface area contributed by atoms with Crippen LogP contribution in [-0.2, 0) is 0 Å². The van der Waals surface area contributed by atoms with Gasteiger partial charge < -0.3 is 10.3 Å². The van der Waals surface area contributed by atoms with E-state index in [1.807, 2.05) is 11.8 Å². The number of nitrogens with zero attached hydrogens (tertiary/aromatic N) is 4. The van der Waals surface area contributed by atoms with Gasteiger partial charge in [0.1, 0.15) is 6.33 Å². The largest absolute Gasteiger partial charge is 0.354 e. The molecule has 8 heteroatoms. The number of nitro groups is 1. The number of anilines is 2. The van der Waals surface area contributed by atoms with Gasteiger partial charge in [-0.05, 0) is 12.8 Å². The highest BCUT2D eigenvalue weighted by molar-refractivity contribution is 5.69. The second kappa shape index (κ2) is 6.83. The highest BCUT2D eigenvalue weighted by atomic mass is 16.6. The third-order valence-electron chi connectivity index (χ3n) is 3.03. The van der Waals surface area contributed by atoms with Crippen molar-refractivity contribution in [3.05, 3.63) is 16.4 Å². The van der Waals surface area contributed by atoms with E-state index in [2.05, 4.69) is 29.2 Å². The quantitative estimate of drug-likeness (QED) is 0.438. The van der Waals surface area contributed by atoms with E-state index in [9.17, 15) is 10.1 Å². The molecule has 0 radical (unpaired) electrons. The molecule has 1 heterocycles. The first kappa shape index (κ1) is 15.1. The van der Waals surface area contributed by atoms with Crippen molar-refractivity contribution in [1.29, 1.82) is 0 Å². The van der Waals surface area contributed by atoms with E-state index in [4.69, 9.17) is 5.84 Å². The van der Waals surface area contributed by atoms with Crippen LogP contribution in [0.4, 0.5) is 17.3 Å². The maximum absolute atomic E-state index is 11.2. The predicted octanol–water partition coefficient (Wildman–Crippen LogP) is 1.54. The lowest BCUT2D eigenvalue weighted by atomic mass is 10.1. The number of rotatable bonds is 7. The van der Waals surface area contributed by atoms with Crippen molar-refractivity contribution >= 4 is 17.3 Å². The van der Waals surface area contributed by atoms with Crippen molar-refractivity contribution in [3.63, 3.8) is 0 Å². The fourth-order valence-electron chi connectivity index (χ4n) is 1.75. The van der Waals surface area contributed by atoms with Gasteiger partial charge in [-0.2, -0.15) is 0 Å². The zero-order valence-corrected chi connectivity index (χ0v) is 11.5. The molecule has 106 valence electrons. The molecule has 1 unspecified atom stereocenters. The summed E-state index contributed by atoms with van der Waals surface area (Å²) in [6.07, 6.45) is 2.27. The molecule has 0 aliphatic carbocycles. The fourth-order valence-corrected chi connectivity index (χ4v) is 1.75. The Morgan fingerprint density at radius 1 is 1.53 bits per heavy atom. The minimum atomic E-state index is -0.510. The first-order valence-electron chi connectivity index (χ1n) is 6.26. The van der Waals surface area contributed by atoms with Gasteiger partial charge in [-0.1, -0.05) is 20.3 Å². The van der Waals surface area contributed by atoms with Gasteiger partial charge in [0.25, 0.3) is 0 Å². The van der Waals surface area contributed by atoms with E-state index in [1.54, 1.807) is 0 Å². The fraction of sp³-hybridized carbons (Fsp3) is 0.636. The Morgan fingerprint density at radius 2 is 2.21 bits per heavy atom. The Balaban J connectivity index is 3.19. The molecule has 0 aromatic carbocycles. The molecule has 0 saturated heterocycles. The summed E-state index contributed by atoms with van der Waals surface area (Å²) in [5, 5.41) is 11.2. The van der Waals surface area contributed by atoms with Gasteiger partial charge in [0, 0.05) is 13.1 Å². The van der Waals surface area contributed by atoms with E-state index >= 15 is 0 Å². The van der Waals surface area contributed by atoms with Crippen molar-refractivity contribution in [1.82, 2.24) is 9.97 Å². The minimum absolute atomic E-state index is 0.0256. The maximum atomic E-state index is 11.2. The maximum Gasteiger partial charge on any atom is 0.354 e. The molecule has 1 atom stereocenters. The van der Waals surface area contributed by atoms with Crippen LogP contribution >= 0.6 is 0 Å². The zero-order valence-electron chi connectivity index (χ0n) is 11.5. The zero-order chi connectivity index (χ0) is 14.4. The topological polar surface area (TPSA) is 110 Å². The molecule has 1 aromatic rings. The van der Waals surface area contributed by atoms with Crippen LogP contribution in [0.1, 0.15) is 27.2 Å². The highest BCUT2D eigenvalue weighted by Gasteiger charge is 2.26. The Labute approximate surface area is 112 Å². The normalized spacial score (nSPS) is 12.0. The minimum Gasteiger partial charge on any atom is -0.351 e. The summed E-state index contributed by atoms with van der Waals surface area (Å²) in [6.45, 7) is 7.45. The molecule has 0 aliphatic heterocycles. The van der Waals surface area contributed by atoms with Gasteiger partial charge >= 0.3 is 5.69 Å². The molecule has 0 aliphatic rings. The van der Waals surface area contributed by atoms with Crippen LogP contribution in [0.15, 0.2) is 6.33 Å². The van der Waals surface area contributed by atoms with Gasteiger partial charge in [-0.15, -0.1) is 0 Å². The summed E-state index contributed by atoms with van der Waals surface area (Å²) in [6, 6.07) is 0. The average Bonchev–Trinajstić information content (AvgIpc) is 2.43. The molecule has 0 fully saturated rings. The number of hydrogen-bond donors (Lipinski definition) is 2. The van der Waals surface area contributed by atoms with Gasteiger partial charge in [0.2, 0.25) is 11.6 Å². The van der Waals surface area contributed by atoms with E-state index < -0.39 is 4.92 Å². The molecular weight excluding hydrogens is 248 g/mol. The number of hydrogen-bond acceptors (Lipinski definition) is 7. The summed E-state index contributed by atoms with van der Waals surface area (Å²) in [5.74, 6) is 6.01. The van der Waals surface area contributed by atoms with Crippen LogP contribution < -0.4 is 16.2 Å². The molecular formula is C11H20N6O2. The van der Waals surface area contributed by atoms with Crippen LogP contribution in [0, 0.1) is 16.0 Å². The molecule has 3 N–H and O–H groups in total. The average molecular weight is 268 g/mol. The SMILES string of the molecule is CCC(C)CN(CC)c1ncnc(NN)c1[N+](=O)[O-]. The summed E-state index contributed by atoms with van der Waals surface area (Å²) in [5.41, 5.74) is 2.06. The van der Waals surface area contributed by atoms with Gasteiger partial charge in [-0.25, -0.2) is 15.8 Å². The molecule has 8 nitrogen and oxygen atoms in total. The third kappa shape index (κ3) is 3.50. The van der Waals surface area contributed by atoms with E-state index in [0.717, 1.165) is 6.42 Å². The van der Waals surface area contributed by atoms with Crippen LogP contribution in [0.2, 0.25) is 0 Å². The number of nitrogen functional groups attached to an aromatic ring is 1.